The second-order valence-electron chi connectivity index (χ2n) is 6.10. The maximum atomic E-state index is 12.7. The van der Waals surface area contributed by atoms with Gasteiger partial charge < -0.3 is 15.0 Å². The molecule has 0 spiro atoms. The summed E-state index contributed by atoms with van der Waals surface area (Å²) in [5.41, 5.74) is 0.900. The fourth-order valence-corrected chi connectivity index (χ4v) is 3.06. The number of aromatic nitrogens is 4. The number of rotatable bonds is 4. The van der Waals surface area contributed by atoms with Crippen LogP contribution in [0.2, 0.25) is 0 Å². The molecular formula is C19H17N5O3. The molecule has 27 heavy (non-hydrogen) atoms. The van der Waals surface area contributed by atoms with Gasteiger partial charge in [0.1, 0.15) is 11.3 Å². The first-order valence-corrected chi connectivity index (χ1v) is 8.39. The lowest BCUT2D eigenvalue weighted by molar-refractivity contribution is 0.0937. The molecule has 0 saturated heterocycles. The third-order valence-electron chi connectivity index (χ3n) is 4.42. The normalized spacial score (nSPS) is 12.2. The molecule has 1 aromatic carbocycles. The van der Waals surface area contributed by atoms with Crippen LogP contribution in [0.4, 0.5) is 0 Å². The summed E-state index contributed by atoms with van der Waals surface area (Å²) in [6.07, 6.45) is 3.22. The third-order valence-corrected chi connectivity index (χ3v) is 4.42. The molecule has 0 saturated carbocycles. The van der Waals surface area contributed by atoms with Crippen LogP contribution in [0.15, 0.2) is 53.6 Å². The van der Waals surface area contributed by atoms with E-state index in [0.29, 0.717) is 28.1 Å². The maximum Gasteiger partial charge on any atom is 0.257 e. The minimum atomic E-state index is -0.485. The molecule has 4 aromatic rings. The van der Waals surface area contributed by atoms with E-state index in [4.69, 9.17) is 4.74 Å². The highest BCUT2D eigenvalue weighted by Gasteiger charge is 2.19. The molecule has 0 unspecified atom stereocenters. The molecule has 0 fully saturated rings. The van der Waals surface area contributed by atoms with Crippen molar-refractivity contribution < 1.29 is 9.53 Å². The van der Waals surface area contributed by atoms with Gasteiger partial charge in [-0.1, -0.05) is 12.1 Å². The number of benzene rings is 1. The number of hydrogen-bond donors (Lipinski definition) is 2. The smallest absolute Gasteiger partial charge is 0.257 e. The molecule has 0 aliphatic heterocycles. The van der Waals surface area contributed by atoms with E-state index in [9.17, 15) is 9.59 Å². The summed E-state index contributed by atoms with van der Waals surface area (Å²) in [6, 6.07) is 10.2. The summed E-state index contributed by atoms with van der Waals surface area (Å²) in [4.78, 5) is 28.4. The van der Waals surface area contributed by atoms with Crippen LogP contribution in [0.1, 0.15) is 29.1 Å². The number of nitrogens with zero attached hydrogens (tertiary/aromatic N) is 3. The number of carbonyl (C=O) groups is 1. The summed E-state index contributed by atoms with van der Waals surface area (Å²) >= 11 is 0. The van der Waals surface area contributed by atoms with Crippen LogP contribution in [0, 0.1) is 0 Å². The molecule has 0 aliphatic carbocycles. The van der Waals surface area contributed by atoms with Gasteiger partial charge in [0.2, 0.25) is 5.43 Å². The van der Waals surface area contributed by atoms with Crippen molar-refractivity contribution in [3.05, 3.63) is 70.4 Å². The molecule has 0 aliphatic rings. The van der Waals surface area contributed by atoms with Crippen molar-refractivity contribution in [2.75, 3.05) is 7.11 Å². The van der Waals surface area contributed by atoms with E-state index in [0.717, 1.165) is 0 Å². The molecule has 2 N–H and O–H groups in total. The maximum absolute atomic E-state index is 12.7. The zero-order valence-corrected chi connectivity index (χ0v) is 14.8. The average Bonchev–Trinajstić information content (AvgIpc) is 3.12. The number of ether oxygens (including phenoxy) is 1. The zero-order chi connectivity index (χ0) is 19.0. The third kappa shape index (κ3) is 2.80. The monoisotopic (exact) mass is 363 g/mol. The second kappa shape index (κ2) is 6.56. The molecule has 0 bridgehead atoms. The van der Waals surface area contributed by atoms with Gasteiger partial charge >= 0.3 is 0 Å². The van der Waals surface area contributed by atoms with E-state index in [1.54, 1.807) is 29.5 Å². The van der Waals surface area contributed by atoms with Gasteiger partial charge in [0.05, 0.1) is 24.1 Å². The Labute approximate surface area is 153 Å². The van der Waals surface area contributed by atoms with E-state index >= 15 is 0 Å². The van der Waals surface area contributed by atoms with Gasteiger partial charge in [0, 0.05) is 12.4 Å². The highest BCUT2D eigenvalue weighted by atomic mass is 16.5. The summed E-state index contributed by atoms with van der Waals surface area (Å²) in [5, 5.41) is 11.4. The Kier molecular flexibility index (Phi) is 4.08. The van der Waals surface area contributed by atoms with Crippen LogP contribution >= 0.6 is 0 Å². The molecule has 136 valence electrons. The van der Waals surface area contributed by atoms with Crippen molar-refractivity contribution >= 4 is 22.5 Å². The molecule has 8 heteroatoms. The van der Waals surface area contributed by atoms with Crippen molar-refractivity contribution in [2.45, 2.75) is 13.0 Å². The predicted octanol–water partition coefficient (Wildman–Crippen LogP) is 2.07. The zero-order valence-electron chi connectivity index (χ0n) is 14.8. The van der Waals surface area contributed by atoms with Crippen LogP contribution in [-0.2, 0) is 0 Å². The van der Waals surface area contributed by atoms with Gasteiger partial charge in [-0.05, 0) is 31.2 Å². The van der Waals surface area contributed by atoms with Gasteiger partial charge in [0.15, 0.2) is 11.5 Å². The standard InChI is InChI=1S/C19H17N5O3/c1-11(18-23-22-15-8-3-4-9-24(15)18)21-19(26)13-10-20-16-12(17(13)25)6-5-7-14(16)27-2/h3-11H,1-2H3,(H,20,25)(H,21,26)/t11-/m1/s1. The fourth-order valence-electron chi connectivity index (χ4n) is 3.06. The lowest BCUT2D eigenvalue weighted by Gasteiger charge is -2.13. The first kappa shape index (κ1) is 16.8. The number of hydrogen-bond acceptors (Lipinski definition) is 5. The Morgan fingerprint density at radius 2 is 2.07 bits per heavy atom. The van der Waals surface area contributed by atoms with E-state index in [1.807, 2.05) is 24.4 Å². The van der Waals surface area contributed by atoms with E-state index in [-0.39, 0.29) is 11.0 Å². The molecule has 3 aromatic heterocycles. The first-order valence-electron chi connectivity index (χ1n) is 8.39. The second-order valence-corrected chi connectivity index (χ2v) is 6.10. The summed E-state index contributed by atoms with van der Waals surface area (Å²) < 4.78 is 7.04. The molecule has 3 heterocycles. The van der Waals surface area contributed by atoms with Crippen molar-refractivity contribution in [1.29, 1.82) is 0 Å². The van der Waals surface area contributed by atoms with E-state index in [2.05, 4.69) is 20.5 Å². The lowest BCUT2D eigenvalue weighted by atomic mass is 10.1. The number of H-pyrrole nitrogens is 1. The average molecular weight is 363 g/mol. The van der Waals surface area contributed by atoms with Crippen molar-refractivity contribution in [3.8, 4) is 5.75 Å². The van der Waals surface area contributed by atoms with Gasteiger partial charge in [-0.25, -0.2) is 0 Å². The van der Waals surface area contributed by atoms with Gasteiger partial charge in [0.25, 0.3) is 5.91 Å². The summed E-state index contributed by atoms with van der Waals surface area (Å²) in [7, 11) is 1.53. The van der Waals surface area contributed by atoms with Gasteiger partial charge in [-0.15, -0.1) is 10.2 Å². The van der Waals surface area contributed by atoms with Gasteiger partial charge in [-0.3, -0.25) is 14.0 Å². The molecular weight excluding hydrogens is 346 g/mol. The minimum Gasteiger partial charge on any atom is -0.495 e. The Balaban J connectivity index is 1.67. The van der Waals surface area contributed by atoms with Crippen LogP contribution in [0.25, 0.3) is 16.6 Å². The Bertz CT molecular complexity index is 1210. The Morgan fingerprint density at radius 1 is 1.22 bits per heavy atom. The highest BCUT2D eigenvalue weighted by molar-refractivity contribution is 5.98. The first-order chi connectivity index (χ1) is 13.1. The van der Waals surface area contributed by atoms with E-state index in [1.165, 1.54) is 13.3 Å². The summed E-state index contributed by atoms with van der Waals surface area (Å²) in [5.74, 6) is 0.638. The number of methoxy groups -OCH3 is 1. The van der Waals surface area contributed by atoms with Gasteiger partial charge in [-0.2, -0.15) is 0 Å². The number of fused-ring (bicyclic) bond motifs is 2. The molecule has 1 amide bonds. The molecule has 1 atom stereocenters. The quantitative estimate of drug-likeness (QED) is 0.578. The highest BCUT2D eigenvalue weighted by Crippen LogP contribution is 2.21. The largest absolute Gasteiger partial charge is 0.495 e. The van der Waals surface area contributed by atoms with E-state index < -0.39 is 11.9 Å². The molecule has 4 rings (SSSR count). The number of nitrogens with one attached hydrogen (secondary N) is 2. The lowest BCUT2D eigenvalue weighted by Crippen LogP contribution is -2.32. The predicted molar refractivity (Wildman–Crippen MR) is 100.0 cm³/mol. The van der Waals surface area contributed by atoms with Crippen LogP contribution < -0.4 is 15.5 Å². The van der Waals surface area contributed by atoms with Crippen LogP contribution in [-0.4, -0.2) is 32.6 Å². The van der Waals surface area contributed by atoms with Crippen LogP contribution in [0.5, 0.6) is 5.75 Å². The van der Waals surface area contributed by atoms with Crippen molar-refractivity contribution in [3.63, 3.8) is 0 Å². The number of pyridine rings is 2. The van der Waals surface area contributed by atoms with Crippen molar-refractivity contribution in [1.82, 2.24) is 24.9 Å². The molecule has 8 nitrogen and oxygen atoms in total. The van der Waals surface area contributed by atoms with Crippen molar-refractivity contribution in [2.24, 2.45) is 0 Å². The SMILES string of the molecule is COc1cccc2c(=O)c(C(=O)N[C@H](C)c3nnc4ccccn34)c[nH]c12. The topological polar surface area (TPSA) is 101 Å². The number of para-hydroxylation sites is 1. The minimum absolute atomic E-state index is 0.0245. The Morgan fingerprint density at radius 3 is 2.89 bits per heavy atom. The summed E-state index contributed by atoms with van der Waals surface area (Å²) in [6.45, 7) is 1.79. The number of amides is 1. The number of carbonyl (C=O) groups excluding carboxylic acids is 1. The Hall–Kier alpha value is -3.68. The van der Waals surface area contributed by atoms with Crippen LogP contribution in [0.3, 0.4) is 0 Å². The fraction of sp³-hybridized carbons (Fsp3) is 0.158. The number of aromatic amines is 1. The molecule has 0 radical (unpaired) electrons.